The first-order valence-electron chi connectivity index (χ1n) is 5.39. The summed E-state index contributed by atoms with van der Waals surface area (Å²) in [6.45, 7) is 4.71. The predicted molar refractivity (Wildman–Crippen MR) is 58.3 cm³/mol. The second kappa shape index (κ2) is 4.05. The van der Waals surface area contributed by atoms with Crippen LogP contribution in [0.5, 0.6) is 0 Å². The third kappa shape index (κ3) is 2.10. The molecule has 2 aliphatic rings. The van der Waals surface area contributed by atoms with Gasteiger partial charge < -0.3 is 11.1 Å². The average molecular weight is 193 g/mol. The van der Waals surface area contributed by atoms with Crippen LogP contribution in [-0.4, -0.2) is 24.2 Å². The third-order valence-electron chi connectivity index (χ3n) is 2.97. The summed E-state index contributed by atoms with van der Waals surface area (Å²) in [7, 11) is 0. The molecule has 2 aliphatic heterocycles. The average Bonchev–Trinajstić information content (AvgIpc) is 2.19. The number of nitrogens with two attached hydrogens (primary N) is 1. The van der Waals surface area contributed by atoms with Crippen molar-refractivity contribution >= 4 is 0 Å². The molecular formula is C11H19N3. The van der Waals surface area contributed by atoms with E-state index in [1.54, 1.807) is 0 Å². The van der Waals surface area contributed by atoms with Gasteiger partial charge >= 0.3 is 0 Å². The summed E-state index contributed by atoms with van der Waals surface area (Å²) in [5, 5.41) is 3.31. The van der Waals surface area contributed by atoms with Crippen molar-refractivity contribution in [2.45, 2.75) is 25.9 Å². The lowest BCUT2D eigenvalue weighted by molar-refractivity contribution is 0.141. The summed E-state index contributed by atoms with van der Waals surface area (Å²) in [4.78, 5) is 2.48. The summed E-state index contributed by atoms with van der Waals surface area (Å²) < 4.78 is 0. The van der Waals surface area contributed by atoms with Crippen LogP contribution in [0.1, 0.15) is 19.8 Å². The Kier molecular flexibility index (Phi) is 2.77. The van der Waals surface area contributed by atoms with Crippen molar-refractivity contribution in [3.05, 3.63) is 24.0 Å². The van der Waals surface area contributed by atoms with Crippen molar-refractivity contribution in [3.63, 3.8) is 0 Å². The van der Waals surface area contributed by atoms with Crippen molar-refractivity contribution in [3.8, 4) is 0 Å². The van der Waals surface area contributed by atoms with E-state index in [2.05, 4.69) is 23.2 Å². The monoisotopic (exact) mass is 193 g/mol. The Bertz CT molecular complexity index is 257. The summed E-state index contributed by atoms with van der Waals surface area (Å²) in [5.41, 5.74) is 6.46. The van der Waals surface area contributed by atoms with Crippen LogP contribution < -0.4 is 11.1 Å². The largest absolute Gasteiger partial charge is 0.398 e. The standard InChI is InChI=1S/C11H19N3/c1-9-3-2-6-14(8-9)11-5-4-10(12)7-13-11/h4-5,7,9,11,13H,2-3,6,8,12H2,1H3/t9-,11?/m0/s1. The molecule has 0 spiro atoms. The Balaban J connectivity index is 1.93. The topological polar surface area (TPSA) is 41.3 Å². The lowest BCUT2D eigenvalue weighted by atomic mass is 9.99. The molecule has 0 aromatic carbocycles. The lowest BCUT2D eigenvalue weighted by Crippen LogP contribution is -2.48. The maximum absolute atomic E-state index is 5.65. The first-order valence-corrected chi connectivity index (χ1v) is 5.39. The van der Waals surface area contributed by atoms with E-state index in [0.29, 0.717) is 6.17 Å². The summed E-state index contributed by atoms with van der Waals surface area (Å²) in [5.74, 6) is 0.821. The molecule has 0 aromatic heterocycles. The van der Waals surface area contributed by atoms with Gasteiger partial charge in [-0.05, 0) is 30.9 Å². The molecule has 2 heterocycles. The van der Waals surface area contributed by atoms with Crippen molar-refractivity contribution < 1.29 is 0 Å². The van der Waals surface area contributed by atoms with E-state index in [-0.39, 0.29) is 0 Å². The molecule has 2 rings (SSSR count). The number of piperidine rings is 1. The quantitative estimate of drug-likeness (QED) is 0.653. The van der Waals surface area contributed by atoms with Gasteiger partial charge in [0.1, 0.15) is 0 Å². The molecule has 2 atom stereocenters. The van der Waals surface area contributed by atoms with Crippen LogP contribution in [0.2, 0.25) is 0 Å². The Morgan fingerprint density at radius 3 is 3.07 bits per heavy atom. The fraction of sp³-hybridized carbons (Fsp3) is 0.636. The number of nitrogens with zero attached hydrogens (tertiary/aromatic N) is 1. The molecule has 3 nitrogen and oxygen atoms in total. The minimum atomic E-state index is 0.352. The number of rotatable bonds is 1. The number of hydrogen-bond acceptors (Lipinski definition) is 3. The lowest BCUT2D eigenvalue weighted by Gasteiger charge is -2.36. The van der Waals surface area contributed by atoms with Crippen LogP contribution in [0.4, 0.5) is 0 Å². The van der Waals surface area contributed by atoms with E-state index >= 15 is 0 Å². The highest BCUT2D eigenvalue weighted by atomic mass is 15.3. The first-order chi connectivity index (χ1) is 6.75. The molecule has 0 aliphatic carbocycles. The Morgan fingerprint density at radius 2 is 2.43 bits per heavy atom. The number of allylic oxidation sites excluding steroid dienone is 1. The number of nitrogens with one attached hydrogen (secondary N) is 1. The highest BCUT2D eigenvalue weighted by Crippen LogP contribution is 2.18. The minimum Gasteiger partial charge on any atom is -0.398 e. The van der Waals surface area contributed by atoms with Crippen LogP contribution in [0, 0.1) is 5.92 Å². The molecule has 0 amide bonds. The second-order valence-corrected chi connectivity index (χ2v) is 4.36. The summed E-state index contributed by atoms with van der Waals surface area (Å²) in [6.07, 6.45) is 9.06. The molecule has 3 N–H and O–H groups in total. The maximum Gasteiger partial charge on any atom is 0.0986 e. The molecule has 1 unspecified atom stereocenters. The van der Waals surface area contributed by atoms with Gasteiger partial charge in [0, 0.05) is 25.0 Å². The molecule has 78 valence electrons. The Hall–Kier alpha value is -0.960. The zero-order valence-electron chi connectivity index (χ0n) is 8.74. The Labute approximate surface area is 85.6 Å². The smallest absolute Gasteiger partial charge is 0.0986 e. The summed E-state index contributed by atoms with van der Waals surface area (Å²) >= 11 is 0. The molecule has 1 fully saturated rings. The fourth-order valence-corrected chi connectivity index (χ4v) is 2.19. The van der Waals surface area contributed by atoms with Gasteiger partial charge in [0.25, 0.3) is 0 Å². The van der Waals surface area contributed by atoms with E-state index in [0.717, 1.165) is 11.6 Å². The van der Waals surface area contributed by atoms with E-state index in [4.69, 9.17) is 5.73 Å². The fourth-order valence-electron chi connectivity index (χ4n) is 2.19. The van der Waals surface area contributed by atoms with Crippen LogP contribution in [0.25, 0.3) is 0 Å². The van der Waals surface area contributed by atoms with Crippen molar-refractivity contribution in [1.82, 2.24) is 10.2 Å². The van der Waals surface area contributed by atoms with Crippen LogP contribution >= 0.6 is 0 Å². The van der Waals surface area contributed by atoms with Crippen LogP contribution in [0.3, 0.4) is 0 Å². The molecule has 0 bridgehead atoms. The Morgan fingerprint density at radius 1 is 1.57 bits per heavy atom. The van der Waals surface area contributed by atoms with Crippen LogP contribution in [-0.2, 0) is 0 Å². The molecule has 0 saturated carbocycles. The van der Waals surface area contributed by atoms with Crippen molar-refractivity contribution in [2.24, 2.45) is 11.7 Å². The van der Waals surface area contributed by atoms with Gasteiger partial charge in [-0.1, -0.05) is 6.92 Å². The normalized spacial score (nSPS) is 33.6. The molecule has 3 heteroatoms. The zero-order valence-corrected chi connectivity index (χ0v) is 8.74. The van der Waals surface area contributed by atoms with E-state index in [9.17, 15) is 0 Å². The van der Waals surface area contributed by atoms with Gasteiger partial charge in [-0.15, -0.1) is 0 Å². The van der Waals surface area contributed by atoms with Crippen molar-refractivity contribution in [2.75, 3.05) is 13.1 Å². The van der Waals surface area contributed by atoms with Gasteiger partial charge in [0.05, 0.1) is 6.17 Å². The van der Waals surface area contributed by atoms with E-state index in [1.807, 2.05) is 12.3 Å². The number of hydrogen-bond donors (Lipinski definition) is 2. The molecule has 1 saturated heterocycles. The van der Waals surface area contributed by atoms with Gasteiger partial charge in [0.15, 0.2) is 0 Å². The highest BCUT2D eigenvalue weighted by Gasteiger charge is 2.22. The molecule has 0 radical (unpaired) electrons. The predicted octanol–water partition coefficient (Wildman–Crippen LogP) is 1.00. The minimum absolute atomic E-state index is 0.352. The van der Waals surface area contributed by atoms with Gasteiger partial charge in [-0.25, -0.2) is 0 Å². The highest BCUT2D eigenvalue weighted by molar-refractivity contribution is 5.20. The van der Waals surface area contributed by atoms with Gasteiger partial charge in [0.2, 0.25) is 0 Å². The van der Waals surface area contributed by atoms with E-state index in [1.165, 1.54) is 25.9 Å². The number of dihydropyridines is 1. The van der Waals surface area contributed by atoms with E-state index < -0.39 is 0 Å². The molecule has 0 aromatic rings. The second-order valence-electron chi connectivity index (χ2n) is 4.36. The maximum atomic E-state index is 5.65. The number of likely N-dealkylation sites (tertiary alicyclic amines) is 1. The van der Waals surface area contributed by atoms with Gasteiger partial charge in [-0.3, -0.25) is 4.90 Å². The van der Waals surface area contributed by atoms with Gasteiger partial charge in [-0.2, -0.15) is 0 Å². The molecule has 14 heavy (non-hydrogen) atoms. The molecular weight excluding hydrogens is 174 g/mol. The first kappa shape index (κ1) is 9.59. The SMILES string of the molecule is C[C@H]1CCCN(C2C=CC(N)=CN2)C1. The van der Waals surface area contributed by atoms with Crippen LogP contribution in [0.15, 0.2) is 24.0 Å². The third-order valence-corrected chi connectivity index (χ3v) is 2.97. The van der Waals surface area contributed by atoms with Crippen molar-refractivity contribution in [1.29, 1.82) is 0 Å². The summed E-state index contributed by atoms with van der Waals surface area (Å²) in [6, 6.07) is 0. The zero-order chi connectivity index (χ0) is 9.97.